The fourth-order valence-corrected chi connectivity index (χ4v) is 1.69. The zero-order valence-corrected chi connectivity index (χ0v) is 8.62. The summed E-state index contributed by atoms with van der Waals surface area (Å²) in [5.74, 6) is 3.65. The fraction of sp³-hybridized carbons (Fsp3) is 0.636. The van der Waals surface area contributed by atoms with Crippen LogP contribution < -0.4 is 11.1 Å². The number of nitrogens with one attached hydrogen (secondary N) is 1. The minimum atomic E-state index is 0.486. The van der Waals surface area contributed by atoms with Crippen LogP contribution in [-0.2, 0) is 13.1 Å². The zero-order chi connectivity index (χ0) is 9.97. The first-order chi connectivity index (χ1) is 6.79. The second-order valence-corrected chi connectivity index (χ2v) is 4.18. The second kappa shape index (κ2) is 4.15. The van der Waals surface area contributed by atoms with E-state index in [1.54, 1.807) is 0 Å². The predicted molar refractivity (Wildman–Crippen MR) is 55.6 cm³/mol. The highest BCUT2D eigenvalue weighted by atomic mass is 16.3. The molecule has 2 unspecified atom stereocenters. The molecule has 14 heavy (non-hydrogen) atoms. The molecule has 3 N–H and O–H groups in total. The zero-order valence-electron chi connectivity index (χ0n) is 8.62. The summed E-state index contributed by atoms with van der Waals surface area (Å²) in [5, 5.41) is 3.40. The molecule has 0 spiro atoms. The standard InChI is InChI=1S/C11H18N2O/c1-8-4-9(8)6-13-7-11-3-2-10(5-12)14-11/h2-3,8-9,13H,4-7,12H2,1H3. The highest BCUT2D eigenvalue weighted by molar-refractivity contribution is 5.06. The number of hydrogen-bond donors (Lipinski definition) is 2. The van der Waals surface area contributed by atoms with Crippen molar-refractivity contribution in [2.75, 3.05) is 6.54 Å². The van der Waals surface area contributed by atoms with Crippen molar-refractivity contribution in [2.45, 2.75) is 26.4 Å². The largest absolute Gasteiger partial charge is 0.463 e. The van der Waals surface area contributed by atoms with Gasteiger partial charge >= 0.3 is 0 Å². The molecule has 78 valence electrons. The van der Waals surface area contributed by atoms with Crippen molar-refractivity contribution in [3.05, 3.63) is 23.7 Å². The molecule has 1 aromatic rings. The van der Waals surface area contributed by atoms with Crippen molar-refractivity contribution in [1.82, 2.24) is 5.32 Å². The predicted octanol–water partition coefficient (Wildman–Crippen LogP) is 1.48. The van der Waals surface area contributed by atoms with Crippen LogP contribution in [0.2, 0.25) is 0 Å². The van der Waals surface area contributed by atoms with Gasteiger partial charge in [0.15, 0.2) is 0 Å². The molecule has 1 aromatic heterocycles. The molecule has 0 radical (unpaired) electrons. The van der Waals surface area contributed by atoms with Gasteiger partial charge in [-0.3, -0.25) is 0 Å². The molecule has 1 aliphatic rings. The second-order valence-electron chi connectivity index (χ2n) is 4.18. The molecule has 0 bridgehead atoms. The first-order valence-corrected chi connectivity index (χ1v) is 5.28. The van der Waals surface area contributed by atoms with E-state index in [0.717, 1.165) is 36.4 Å². The van der Waals surface area contributed by atoms with E-state index in [1.165, 1.54) is 6.42 Å². The number of rotatable bonds is 5. The van der Waals surface area contributed by atoms with Crippen molar-refractivity contribution in [3.63, 3.8) is 0 Å². The lowest BCUT2D eigenvalue weighted by Gasteiger charge is -2.00. The maximum absolute atomic E-state index is 5.47. The molecule has 3 heteroatoms. The molecular weight excluding hydrogens is 176 g/mol. The van der Waals surface area contributed by atoms with Gasteiger partial charge in [-0.25, -0.2) is 0 Å². The minimum absolute atomic E-state index is 0.486. The van der Waals surface area contributed by atoms with Gasteiger partial charge in [-0.2, -0.15) is 0 Å². The molecule has 0 aliphatic heterocycles. The lowest BCUT2D eigenvalue weighted by Crippen LogP contribution is -2.16. The average Bonchev–Trinajstić information content (AvgIpc) is 2.71. The maximum atomic E-state index is 5.47. The van der Waals surface area contributed by atoms with E-state index in [-0.39, 0.29) is 0 Å². The van der Waals surface area contributed by atoms with Gasteiger partial charge in [0.25, 0.3) is 0 Å². The smallest absolute Gasteiger partial charge is 0.118 e. The Hall–Kier alpha value is -0.800. The fourth-order valence-electron chi connectivity index (χ4n) is 1.69. The summed E-state index contributed by atoms with van der Waals surface area (Å²) in [6, 6.07) is 3.93. The Labute approximate surface area is 84.7 Å². The van der Waals surface area contributed by atoms with Crippen LogP contribution >= 0.6 is 0 Å². The third kappa shape index (κ3) is 2.36. The Morgan fingerprint density at radius 2 is 2.21 bits per heavy atom. The SMILES string of the molecule is CC1CC1CNCc1ccc(CN)o1. The molecule has 2 rings (SSSR count). The monoisotopic (exact) mass is 194 g/mol. The third-order valence-electron chi connectivity index (χ3n) is 2.90. The van der Waals surface area contributed by atoms with Crippen LogP contribution in [-0.4, -0.2) is 6.54 Å². The van der Waals surface area contributed by atoms with Crippen LogP contribution in [0.1, 0.15) is 24.9 Å². The van der Waals surface area contributed by atoms with Crippen LogP contribution in [0.5, 0.6) is 0 Å². The van der Waals surface area contributed by atoms with E-state index in [4.69, 9.17) is 10.2 Å². The Kier molecular flexibility index (Phi) is 2.89. The summed E-state index contributed by atoms with van der Waals surface area (Å²) in [5.41, 5.74) is 5.45. The number of nitrogens with two attached hydrogens (primary N) is 1. The van der Waals surface area contributed by atoms with Gasteiger partial charge in [-0.05, 0) is 36.9 Å². The highest BCUT2D eigenvalue weighted by Crippen LogP contribution is 2.36. The van der Waals surface area contributed by atoms with Gasteiger partial charge in [-0.15, -0.1) is 0 Å². The first kappa shape index (κ1) is 9.74. The summed E-state index contributed by atoms with van der Waals surface area (Å²) in [6.45, 7) is 4.72. The van der Waals surface area contributed by atoms with Crippen LogP contribution in [0, 0.1) is 11.8 Å². The lowest BCUT2D eigenvalue weighted by molar-refractivity contribution is 0.444. The van der Waals surface area contributed by atoms with Crippen molar-refractivity contribution >= 4 is 0 Å². The Balaban J connectivity index is 1.69. The summed E-state index contributed by atoms with van der Waals surface area (Å²) >= 11 is 0. The number of furan rings is 1. The normalized spacial score (nSPS) is 25.3. The van der Waals surface area contributed by atoms with E-state index >= 15 is 0 Å². The van der Waals surface area contributed by atoms with Crippen LogP contribution in [0.4, 0.5) is 0 Å². The molecule has 0 amide bonds. The third-order valence-corrected chi connectivity index (χ3v) is 2.90. The van der Waals surface area contributed by atoms with Crippen molar-refractivity contribution in [3.8, 4) is 0 Å². The van der Waals surface area contributed by atoms with Gasteiger partial charge in [-0.1, -0.05) is 6.92 Å². The molecule has 1 saturated carbocycles. The van der Waals surface area contributed by atoms with E-state index in [0.29, 0.717) is 6.54 Å². The van der Waals surface area contributed by atoms with Gasteiger partial charge < -0.3 is 15.5 Å². The quantitative estimate of drug-likeness (QED) is 0.746. The summed E-state index contributed by atoms with van der Waals surface area (Å²) in [6.07, 6.45) is 1.37. The Morgan fingerprint density at radius 1 is 1.50 bits per heavy atom. The first-order valence-electron chi connectivity index (χ1n) is 5.28. The molecular formula is C11H18N2O. The van der Waals surface area contributed by atoms with Crippen LogP contribution in [0.3, 0.4) is 0 Å². The number of hydrogen-bond acceptors (Lipinski definition) is 3. The molecule has 1 fully saturated rings. The molecule has 2 atom stereocenters. The highest BCUT2D eigenvalue weighted by Gasteiger charge is 2.31. The van der Waals surface area contributed by atoms with E-state index < -0.39 is 0 Å². The van der Waals surface area contributed by atoms with Gasteiger partial charge in [0.1, 0.15) is 11.5 Å². The van der Waals surface area contributed by atoms with E-state index in [9.17, 15) is 0 Å². The molecule has 1 heterocycles. The summed E-state index contributed by atoms with van der Waals surface area (Å²) in [4.78, 5) is 0. The lowest BCUT2D eigenvalue weighted by atomic mass is 10.3. The Morgan fingerprint density at radius 3 is 2.79 bits per heavy atom. The van der Waals surface area contributed by atoms with Gasteiger partial charge in [0.05, 0.1) is 13.1 Å². The van der Waals surface area contributed by atoms with Crippen LogP contribution in [0.15, 0.2) is 16.5 Å². The molecule has 3 nitrogen and oxygen atoms in total. The van der Waals surface area contributed by atoms with Crippen molar-refractivity contribution in [1.29, 1.82) is 0 Å². The topological polar surface area (TPSA) is 51.2 Å². The Bertz CT molecular complexity index is 295. The summed E-state index contributed by atoms with van der Waals surface area (Å²) < 4.78 is 5.47. The van der Waals surface area contributed by atoms with Gasteiger partial charge in [0.2, 0.25) is 0 Å². The van der Waals surface area contributed by atoms with Crippen molar-refractivity contribution < 1.29 is 4.42 Å². The van der Waals surface area contributed by atoms with E-state index in [2.05, 4.69) is 12.2 Å². The maximum Gasteiger partial charge on any atom is 0.118 e. The van der Waals surface area contributed by atoms with Crippen LogP contribution in [0.25, 0.3) is 0 Å². The van der Waals surface area contributed by atoms with Crippen molar-refractivity contribution in [2.24, 2.45) is 17.6 Å². The molecule has 0 saturated heterocycles. The molecule has 1 aliphatic carbocycles. The summed E-state index contributed by atoms with van der Waals surface area (Å²) in [7, 11) is 0. The average molecular weight is 194 g/mol. The molecule has 0 aromatic carbocycles. The van der Waals surface area contributed by atoms with E-state index in [1.807, 2.05) is 12.1 Å². The minimum Gasteiger partial charge on any atom is -0.463 e. The van der Waals surface area contributed by atoms with Gasteiger partial charge in [0, 0.05) is 0 Å².